The summed E-state index contributed by atoms with van der Waals surface area (Å²) in [4.78, 5) is 18.4. The first-order valence-electron chi connectivity index (χ1n) is 11.0. The maximum atomic E-state index is 13.6. The van der Waals surface area contributed by atoms with Gasteiger partial charge in [0, 0.05) is 16.5 Å². The highest BCUT2D eigenvalue weighted by Gasteiger charge is 2.19. The fourth-order valence-corrected chi connectivity index (χ4v) is 4.18. The fraction of sp³-hybridized carbons (Fsp3) is 0.0667. The molecular formula is C30H22FNO2. The molecule has 0 fully saturated rings. The number of ether oxygens (including phenoxy) is 1. The summed E-state index contributed by atoms with van der Waals surface area (Å²) in [6, 6.07) is 29.1. The Labute approximate surface area is 197 Å². The molecule has 0 bridgehead atoms. The van der Waals surface area contributed by atoms with Crippen LogP contribution in [0.5, 0.6) is 5.75 Å². The van der Waals surface area contributed by atoms with Gasteiger partial charge >= 0.3 is 5.97 Å². The van der Waals surface area contributed by atoms with Crippen LogP contribution in [0.2, 0.25) is 0 Å². The van der Waals surface area contributed by atoms with Gasteiger partial charge in [0.25, 0.3) is 0 Å². The lowest BCUT2D eigenvalue weighted by Gasteiger charge is -2.14. The second-order valence-corrected chi connectivity index (χ2v) is 8.29. The van der Waals surface area contributed by atoms with Crippen LogP contribution in [0.4, 0.5) is 4.39 Å². The van der Waals surface area contributed by atoms with Crippen molar-refractivity contribution in [2.24, 2.45) is 0 Å². The SMILES string of the molecule is Cc1cc(C)c2nc(-c3ccc(F)cc3)cc(C(=O)Oc3ccccc3-c3ccccc3)c2c1. The number of carbonyl (C=O) groups is 1. The van der Waals surface area contributed by atoms with Gasteiger partial charge in [-0.05, 0) is 67.4 Å². The van der Waals surface area contributed by atoms with Crippen molar-refractivity contribution in [2.75, 3.05) is 0 Å². The van der Waals surface area contributed by atoms with E-state index in [0.29, 0.717) is 17.0 Å². The molecule has 5 aromatic rings. The first kappa shape index (κ1) is 21.5. The molecule has 3 nitrogen and oxygen atoms in total. The highest BCUT2D eigenvalue weighted by molar-refractivity contribution is 6.06. The van der Waals surface area contributed by atoms with E-state index in [4.69, 9.17) is 9.72 Å². The van der Waals surface area contributed by atoms with Crippen LogP contribution in [0.3, 0.4) is 0 Å². The molecule has 5 rings (SSSR count). The minimum Gasteiger partial charge on any atom is -0.422 e. The number of aromatic nitrogens is 1. The molecule has 0 amide bonds. The Bertz CT molecular complexity index is 1510. The van der Waals surface area contributed by atoms with Crippen LogP contribution in [0.25, 0.3) is 33.3 Å². The Hall–Kier alpha value is -4.31. The largest absolute Gasteiger partial charge is 0.422 e. The van der Waals surface area contributed by atoms with E-state index in [9.17, 15) is 9.18 Å². The second kappa shape index (κ2) is 8.91. The Kier molecular flexibility index (Phi) is 5.64. The number of aryl methyl sites for hydroxylation is 2. The number of rotatable bonds is 4. The quantitative estimate of drug-likeness (QED) is 0.211. The first-order chi connectivity index (χ1) is 16.5. The topological polar surface area (TPSA) is 39.2 Å². The Morgan fingerprint density at radius 2 is 1.50 bits per heavy atom. The number of pyridine rings is 1. The molecule has 0 saturated carbocycles. The van der Waals surface area contributed by atoms with Crippen LogP contribution < -0.4 is 4.74 Å². The number of nitrogens with zero attached hydrogens (tertiary/aromatic N) is 1. The average Bonchev–Trinajstić information content (AvgIpc) is 2.85. The van der Waals surface area contributed by atoms with Gasteiger partial charge in [0.05, 0.1) is 16.8 Å². The molecule has 0 N–H and O–H groups in total. The maximum Gasteiger partial charge on any atom is 0.344 e. The van der Waals surface area contributed by atoms with Crippen molar-refractivity contribution in [2.45, 2.75) is 13.8 Å². The number of esters is 1. The molecule has 0 aliphatic carbocycles. The Morgan fingerprint density at radius 3 is 2.26 bits per heavy atom. The standard InChI is InChI=1S/C30H22FNO2/c1-19-16-20(2)29-25(17-19)26(18-27(32-29)22-12-14-23(31)15-13-22)30(33)34-28-11-7-6-10-24(28)21-8-4-3-5-9-21/h3-18H,1-2H3. The maximum absolute atomic E-state index is 13.6. The van der Waals surface area contributed by atoms with E-state index in [0.717, 1.165) is 38.7 Å². The van der Waals surface area contributed by atoms with Crippen molar-refractivity contribution in [3.05, 3.63) is 120 Å². The van der Waals surface area contributed by atoms with Crippen molar-refractivity contribution < 1.29 is 13.9 Å². The fourth-order valence-electron chi connectivity index (χ4n) is 4.18. The van der Waals surface area contributed by atoms with Crippen LogP contribution in [0, 0.1) is 19.7 Å². The smallest absolute Gasteiger partial charge is 0.344 e. The zero-order valence-corrected chi connectivity index (χ0v) is 18.9. The van der Waals surface area contributed by atoms with Crippen LogP contribution in [0.1, 0.15) is 21.5 Å². The zero-order valence-electron chi connectivity index (χ0n) is 18.9. The van der Waals surface area contributed by atoms with E-state index in [1.807, 2.05) is 74.5 Å². The molecule has 4 aromatic carbocycles. The lowest BCUT2D eigenvalue weighted by Crippen LogP contribution is -2.11. The highest BCUT2D eigenvalue weighted by atomic mass is 19.1. The van der Waals surface area contributed by atoms with E-state index in [1.54, 1.807) is 24.3 Å². The molecule has 0 atom stereocenters. The molecule has 0 aliphatic rings. The molecule has 0 aliphatic heterocycles. The predicted molar refractivity (Wildman–Crippen MR) is 133 cm³/mol. The third-order valence-electron chi connectivity index (χ3n) is 5.78. The Morgan fingerprint density at radius 1 is 0.794 bits per heavy atom. The first-order valence-corrected chi connectivity index (χ1v) is 11.0. The van der Waals surface area contributed by atoms with E-state index < -0.39 is 5.97 Å². The van der Waals surface area contributed by atoms with Gasteiger partial charge in [0.2, 0.25) is 0 Å². The van der Waals surface area contributed by atoms with Crippen molar-refractivity contribution in [1.82, 2.24) is 4.98 Å². The number of hydrogen-bond donors (Lipinski definition) is 0. The summed E-state index contributed by atoms with van der Waals surface area (Å²) in [5, 5.41) is 0.727. The predicted octanol–water partition coefficient (Wildman–Crippen LogP) is 7.54. The molecule has 0 unspecified atom stereocenters. The Balaban J connectivity index is 1.64. The van der Waals surface area contributed by atoms with Crippen molar-refractivity contribution in [3.8, 4) is 28.1 Å². The second-order valence-electron chi connectivity index (χ2n) is 8.29. The molecule has 0 radical (unpaired) electrons. The average molecular weight is 448 g/mol. The molecule has 0 saturated heterocycles. The van der Waals surface area contributed by atoms with E-state index in [1.165, 1.54) is 12.1 Å². The zero-order chi connectivity index (χ0) is 23.7. The minimum atomic E-state index is -0.468. The van der Waals surface area contributed by atoms with Gasteiger partial charge in [-0.1, -0.05) is 60.2 Å². The molecule has 34 heavy (non-hydrogen) atoms. The lowest BCUT2D eigenvalue weighted by atomic mass is 9.99. The number of benzene rings is 4. The van der Waals surface area contributed by atoms with Crippen LogP contribution in [0.15, 0.2) is 97.1 Å². The number of carbonyl (C=O) groups excluding carboxylic acids is 1. The summed E-state index contributed by atoms with van der Waals surface area (Å²) >= 11 is 0. The van der Waals surface area contributed by atoms with E-state index in [-0.39, 0.29) is 5.82 Å². The van der Waals surface area contributed by atoms with Gasteiger partial charge in [0.15, 0.2) is 0 Å². The lowest BCUT2D eigenvalue weighted by molar-refractivity contribution is 0.0737. The van der Waals surface area contributed by atoms with Gasteiger partial charge < -0.3 is 4.74 Å². The highest BCUT2D eigenvalue weighted by Crippen LogP contribution is 2.32. The molecule has 0 spiro atoms. The third-order valence-corrected chi connectivity index (χ3v) is 5.78. The summed E-state index contributed by atoms with van der Waals surface area (Å²) < 4.78 is 19.5. The summed E-state index contributed by atoms with van der Waals surface area (Å²) in [5.41, 5.74) is 6.22. The van der Waals surface area contributed by atoms with Gasteiger partial charge in [0.1, 0.15) is 11.6 Å². The number of para-hydroxylation sites is 1. The van der Waals surface area contributed by atoms with Gasteiger partial charge in [-0.3, -0.25) is 0 Å². The normalized spacial score (nSPS) is 10.9. The van der Waals surface area contributed by atoms with Gasteiger partial charge in [-0.2, -0.15) is 0 Å². The summed E-state index contributed by atoms with van der Waals surface area (Å²) in [7, 11) is 0. The van der Waals surface area contributed by atoms with Crippen molar-refractivity contribution in [1.29, 1.82) is 0 Å². The van der Waals surface area contributed by atoms with Gasteiger partial charge in [-0.25, -0.2) is 14.2 Å². The molecule has 166 valence electrons. The molecule has 1 heterocycles. The van der Waals surface area contributed by atoms with Gasteiger partial charge in [-0.15, -0.1) is 0 Å². The molecule has 1 aromatic heterocycles. The number of hydrogen-bond acceptors (Lipinski definition) is 3. The van der Waals surface area contributed by atoms with Crippen LogP contribution >= 0.6 is 0 Å². The summed E-state index contributed by atoms with van der Waals surface area (Å²) in [6.45, 7) is 3.96. The van der Waals surface area contributed by atoms with Crippen molar-refractivity contribution >= 4 is 16.9 Å². The summed E-state index contributed by atoms with van der Waals surface area (Å²) in [5.74, 6) is -0.311. The third kappa shape index (κ3) is 4.18. The van der Waals surface area contributed by atoms with Crippen LogP contribution in [-0.4, -0.2) is 11.0 Å². The minimum absolute atomic E-state index is 0.325. The molecular weight excluding hydrogens is 425 g/mol. The van der Waals surface area contributed by atoms with E-state index in [2.05, 4.69) is 0 Å². The van der Waals surface area contributed by atoms with Crippen molar-refractivity contribution in [3.63, 3.8) is 0 Å². The summed E-state index contributed by atoms with van der Waals surface area (Å²) in [6.07, 6.45) is 0. The van der Waals surface area contributed by atoms with E-state index >= 15 is 0 Å². The van der Waals surface area contributed by atoms with Crippen LogP contribution in [-0.2, 0) is 0 Å². The number of halogens is 1. The monoisotopic (exact) mass is 447 g/mol. The molecule has 4 heteroatoms. The number of fused-ring (bicyclic) bond motifs is 1.